The van der Waals surface area contributed by atoms with E-state index in [1.54, 1.807) is 19.1 Å². The molecule has 6 heteroatoms. The summed E-state index contributed by atoms with van der Waals surface area (Å²) in [6.07, 6.45) is 0.400. The number of ether oxygens (including phenoxy) is 2. The third-order valence-electron chi connectivity index (χ3n) is 6.44. The maximum atomic E-state index is 13.2. The van der Waals surface area contributed by atoms with Crippen molar-refractivity contribution in [2.45, 2.75) is 25.8 Å². The van der Waals surface area contributed by atoms with Crippen LogP contribution in [0.15, 0.2) is 66.7 Å². The van der Waals surface area contributed by atoms with Gasteiger partial charge in [-0.1, -0.05) is 36.4 Å². The fourth-order valence-corrected chi connectivity index (χ4v) is 4.65. The van der Waals surface area contributed by atoms with E-state index in [9.17, 15) is 4.79 Å². The average Bonchev–Trinajstić information content (AvgIpc) is 3.40. The molecular weight excluding hydrogens is 414 g/mol. The second kappa shape index (κ2) is 8.62. The molecule has 6 nitrogen and oxygen atoms in total. The first-order chi connectivity index (χ1) is 16.1. The number of imidazole rings is 1. The minimum absolute atomic E-state index is 0.0233. The van der Waals surface area contributed by atoms with Gasteiger partial charge in [0.15, 0.2) is 0 Å². The predicted molar refractivity (Wildman–Crippen MR) is 129 cm³/mol. The number of para-hydroxylation sites is 2. The summed E-state index contributed by atoms with van der Waals surface area (Å²) in [6, 6.07) is 22.1. The second-order valence-corrected chi connectivity index (χ2v) is 8.41. The SMILES string of the molecule is COc1ccc(OC)c(N2C[C@@H](c3nc4ccccc4n3Cc3ccccc3C)CC2=O)c1. The first-order valence-electron chi connectivity index (χ1n) is 11.1. The van der Waals surface area contributed by atoms with Crippen molar-refractivity contribution in [1.82, 2.24) is 9.55 Å². The van der Waals surface area contributed by atoms with E-state index in [1.807, 2.05) is 36.4 Å². The van der Waals surface area contributed by atoms with Gasteiger partial charge in [-0.05, 0) is 42.3 Å². The smallest absolute Gasteiger partial charge is 0.227 e. The number of aryl methyl sites for hydroxylation is 1. The number of nitrogens with zero attached hydrogens (tertiary/aromatic N) is 3. The zero-order chi connectivity index (χ0) is 22.9. The summed E-state index contributed by atoms with van der Waals surface area (Å²) >= 11 is 0. The Bertz CT molecular complexity index is 1330. The van der Waals surface area contributed by atoms with Gasteiger partial charge in [0.2, 0.25) is 5.91 Å². The van der Waals surface area contributed by atoms with E-state index in [0.29, 0.717) is 24.5 Å². The van der Waals surface area contributed by atoms with Crippen molar-refractivity contribution in [2.75, 3.05) is 25.7 Å². The number of aromatic nitrogens is 2. The van der Waals surface area contributed by atoms with E-state index in [-0.39, 0.29) is 11.8 Å². The van der Waals surface area contributed by atoms with E-state index in [0.717, 1.165) is 29.1 Å². The van der Waals surface area contributed by atoms with Crippen LogP contribution in [0, 0.1) is 6.92 Å². The van der Waals surface area contributed by atoms with Gasteiger partial charge < -0.3 is 18.9 Å². The Balaban J connectivity index is 1.54. The summed E-state index contributed by atoms with van der Waals surface area (Å²) < 4.78 is 13.2. The fourth-order valence-electron chi connectivity index (χ4n) is 4.65. The molecule has 1 aromatic heterocycles. The summed E-state index contributed by atoms with van der Waals surface area (Å²) in [5.41, 5.74) is 5.25. The first-order valence-corrected chi connectivity index (χ1v) is 11.1. The zero-order valence-corrected chi connectivity index (χ0v) is 19.1. The molecule has 0 saturated carbocycles. The normalized spacial score (nSPS) is 15.9. The van der Waals surface area contributed by atoms with Gasteiger partial charge in [0, 0.05) is 31.5 Å². The Kier molecular flexibility index (Phi) is 5.50. The maximum absolute atomic E-state index is 13.2. The molecule has 33 heavy (non-hydrogen) atoms. The lowest BCUT2D eigenvalue weighted by Crippen LogP contribution is -2.25. The topological polar surface area (TPSA) is 56.6 Å². The standard InChI is InChI=1S/C27H27N3O3/c1-18-8-4-5-9-19(18)16-30-23-11-7-6-10-22(23)28-27(30)20-14-26(31)29(17-20)24-15-21(32-2)12-13-25(24)33-3/h4-13,15,20H,14,16-17H2,1-3H3/t20-/m0/s1. The van der Waals surface area contributed by atoms with Crippen LogP contribution in [-0.2, 0) is 11.3 Å². The highest BCUT2D eigenvalue weighted by Gasteiger charge is 2.36. The van der Waals surface area contributed by atoms with Gasteiger partial charge >= 0.3 is 0 Å². The quantitative estimate of drug-likeness (QED) is 0.426. The van der Waals surface area contributed by atoms with Crippen molar-refractivity contribution >= 4 is 22.6 Å². The van der Waals surface area contributed by atoms with Crippen LogP contribution in [0.5, 0.6) is 11.5 Å². The van der Waals surface area contributed by atoms with Crippen molar-refractivity contribution in [3.63, 3.8) is 0 Å². The molecule has 1 fully saturated rings. The number of amides is 1. The van der Waals surface area contributed by atoms with Gasteiger partial charge in [-0.25, -0.2) is 4.98 Å². The number of methoxy groups -OCH3 is 2. The number of carbonyl (C=O) groups is 1. The molecule has 2 heterocycles. The first kappa shape index (κ1) is 21.1. The molecule has 5 rings (SSSR count). The summed E-state index contributed by atoms with van der Waals surface area (Å²) in [5, 5.41) is 0. The number of carbonyl (C=O) groups excluding carboxylic acids is 1. The molecule has 168 valence electrons. The molecule has 1 aliphatic rings. The lowest BCUT2D eigenvalue weighted by molar-refractivity contribution is -0.117. The molecule has 0 aliphatic carbocycles. The Labute approximate surface area is 193 Å². The van der Waals surface area contributed by atoms with Gasteiger partial charge in [-0.15, -0.1) is 0 Å². The van der Waals surface area contributed by atoms with E-state index in [4.69, 9.17) is 14.5 Å². The predicted octanol–water partition coefficient (Wildman–Crippen LogP) is 4.93. The van der Waals surface area contributed by atoms with Crippen LogP contribution in [0.2, 0.25) is 0 Å². The Morgan fingerprint density at radius 3 is 2.58 bits per heavy atom. The number of hydrogen-bond donors (Lipinski definition) is 0. The molecule has 0 N–H and O–H groups in total. The molecule has 0 radical (unpaired) electrons. The Morgan fingerprint density at radius 1 is 1.00 bits per heavy atom. The molecule has 1 aliphatic heterocycles. The monoisotopic (exact) mass is 441 g/mol. The molecule has 0 spiro atoms. The Morgan fingerprint density at radius 2 is 1.79 bits per heavy atom. The van der Waals surface area contributed by atoms with Crippen molar-refractivity contribution in [1.29, 1.82) is 0 Å². The lowest BCUT2D eigenvalue weighted by atomic mass is 10.1. The van der Waals surface area contributed by atoms with Crippen molar-refractivity contribution in [2.24, 2.45) is 0 Å². The van der Waals surface area contributed by atoms with Crippen LogP contribution in [0.4, 0.5) is 5.69 Å². The zero-order valence-electron chi connectivity index (χ0n) is 19.1. The van der Waals surface area contributed by atoms with Crippen LogP contribution < -0.4 is 14.4 Å². The maximum Gasteiger partial charge on any atom is 0.227 e. The summed E-state index contributed by atoms with van der Waals surface area (Å²) in [6.45, 7) is 3.39. The highest BCUT2D eigenvalue weighted by atomic mass is 16.5. The third-order valence-corrected chi connectivity index (χ3v) is 6.44. The molecule has 1 saturated heterocycles. The number of benzene rings is 3. The number of rotatable bonds is 6. The molecule has 1 amide bonds. The van der Waals surface area contributed by atoms with E-state index in [1.165, 1.54) is 11.1 Å². The van der Waals surface area contributed by atoms with Crippen LogP contribution in [0.1, 0.15) is 29.3 Å². The molecule has 4 aromatic rings. The molecule has 3 aromatic carbocycles. The fraction of sp³-hybridized carbons (Fsp3) is 0.259. The van der Waals surface area contributed by atoms with Gasteiger partial charge in [0.1, 0.15) is 17.3 Å². The van der Waals surface area contributed by atoms with Gasteiger partial charge in [-0.2, -0.15) is 0 Å². The summed E-state index contributed by atoms with van der Waals surface area (Å²) in [5.74, 6) is 2.31. The largest absolute Gasteiger partial charge is 0.497 e. The van der Waals surface area contributed by atoms with Crippen LogP contribution in [-0.4, -0.2) is 36.2 Å². The number of fused-ring (bicyclic) bond motifs is 1. The Hall–Kier alpha value is -3.80. The van der Waals surface area contributed by atoms with Crippen molar-refractivity contribution < 1.29 is 14.3 Å². The van der Waals surface area contributed by atoms with Gasteiger partial charge in [-0.3, -0.25) is 4.79 Å². The molecule has 0 bridgehead atoms. The molecule has 0 unspecified atom stereocenters. The van der Waals surface area contributed by atoms with E-state index in [2.05, 4.69) is 41.8 Å². The van der Waals surface area contributed by atoms with Crippen molar-refractivity contribution in [3.05, 3.63) is 83.7 Å². The highest BCUT2D eigenvalue weighted by Crippen LogP contribution is 2.39. The third kappa shape index (κ3) is 3.82. The average molecular weight is 442 g/mol. The summed E-state index contributed by atoms with van der Waals surface area (Å²) in [7, 11) is 3.24. The molecule has 1 atom stereocenters. The molecular formula is C27H27N3O3. The lowest BCUT2D eigenvalue weighted by Gasteiger charge is -2.20. The highest BCUT2D eigenvalue weighted by molar-refractivity contribution is 5.98. The van der Waals surface area contributed by atoms with Crippen LogP contribution in [0.3, 0.4) is 0 Å². The van der Waals surface area contributed by atoms with Crippen molar-refractivity contribution in [3.8, 4) is 11.5 Å². The van der Waals surface area contributed by atoms with E-state index < -0.39 is 0 Å². The number of anilines is 1. The van der Waals surface area contributed by atoms with Crippen LogP contribution in [0.25, 0.3) is 11.0 Å². The number of hydrogen-bond acceptors (Lipinski definition) is 4. The minimum Gasteiger partial charge on any atom is -0.497 e. The van der Waals surface area contributed by atoms with Gasteiger partial charge in [0.05, 0.1) is 30.9 Å². The van der Waals surface area contributed by atoms with E-state index >= 15 is 0 Å². The second-order valence-electron chi connectivity index (χ2n) is 8.41. The summed E-state index contributed by atoms with van der Waals surface area (Å²) in [4.78, 5) is 19.9. The van der Waals surface area contributed by atoms with Crippen LogP contribution >= 0.6 is 0 Å². The minimum atomic E-state index is -0.0233. The van der Waals surface area contributed by atoms with Gasteiger partial charge in [0.25, 0.3) is 0 Å².